The van der Waals surface area contributed by atoms with Crippen LogP contribution in [0.5, 0.6) is 0 Å². The van der Waals surface area contributed by atoms with E-state index in [4.69, 9.17) is 4.74 Å². The van der Waals surface area contributed by atoms with Crippen LogP contribution in [0, 0.1) is 11.6 Å². The molecule has 1 amide bonds. The topological polar surface area (TPSA) is 41.6 Å². The zero-order chi connectivity index (χ0) is 16.5. The Morgan fingerprint density at radius 3 is 2.61 bits per heavy atom. The molecule has 1 aliphatic heterocycles. The minimum absolute atomic E-state index is 0.199. The third-order valence-electron chi connectivity index (χ3n) is 3.71. The van der Waals surface area contributed by atoms with Crippen molar-refractivity contribution in [2.45, 2.75) is 12.8 Å². The van der Waals surface area contributed by atoms with Crippen LogP contribution in [0.1, 0.15) is 18.4 Å². The number of rotatable bonds is 7. The molecular weight excluding hydrogens is 302 g/mol. The average molecular weight is 324 g/mol. The van der Waals surface area contributed by atoms with Gasteiger partial charge in [0.15, 0.2) is 0 Å². The molecule has 0 aliphatic carbocycles. The first-order chi connectivity index (χ1) is 11.2. The number of carbonyl (C=O) groups is 1. The standard InChI is InChI=1S/C17H22F2N2O2/c18-15-4-3-5-16(19)14(15)6-7-17(22)20-8-1-2-9-21-10-12-23-13-11-21/h3-7H,1-2,8-13H2,(H,20,22)/b7-6+. The molecule has 126 valence electrons. The van der Waals surface area contributed by atoms with Crippen molar-refractivity contribution in [3.05, 3.63) is 41.5 Å². The Bertz CT molecular complexity index is 523. The van der Waals surface area contributed by atoms with E-state index in [-0.39, 0.29) is 11.5 Å². The van der Waals surface area contributed by atoms with E-state index in [0.29, 0.717) is 6.54 Å². The lowest BCUT2D eigenvalue weighted by atomic mass is 10.2. The quantitative estimate of drug-likeness (QED) is 0.618. The molecule has 0 unspecified atom stereocenters. The number of nitrogens with one attached hydrogen (secondary N) is 1. The molecule has 1 saturated heterocycles. The first-order valence-electron chi connectivity index (χ1n) is 7.87. The molecule has 1 heterocycles. The van der Waals surface area contributed by atoms with Crippen LogP contribution in [0.3, 0.4) is 0 Å². The van der Waals surface area contributed by atoms with Crippen molar-refractivity contribution >= 4 is 12.0 Å². The summed E-state index contributed by atoms with van der Waals surface area (Å²) < 4.78 is 32.1. The molecule has 1 fully saturated rings. The van der Waals surface area contributed by atoms with E-state index >= 15 is 0 Å². The molecule has 0 radical (unpaired) electrons. The number of hydrogen-bond donors (Lipinski definition) is 1. The van der Waals surface area contributed by atoms with Gasteiger partial charge in [-0.3, -0.25) is 9.69 Å². The molecule has 23 heavy (non-hydrogen) atoms. The molecule has 0 aromatic heterocycles. The van der Waals surface area contributed by atoms with Gasteiger partial charge in [0.2, 0.25) is 5.91 Å². The van der Waals surface area contributed by atoms with Crippen LogP contribution in [-0.2, 0) is 9.53 Å². The summed E-state index contributed by atoms with van der Waals surface area (Å²) in [5, 5.41) is 2.72. The molecule has 0 bridgehead atoms. The molecule has 1 N–H and O–H groups in total. The second-order valence-electron chi connectivity index (χ2n) is 5.42. The van der Waals surface area contributed by atoms with Gasteiger partial charge < -0.3 is 10.1 Å². The maximum atomic E-state index is 13.4. The monoisotopic (exact) mass is 324 g/mol. The highest BCUT2D eigenvalue weighted by Crippen LogP contribution is 2.13. The fourth-order valence-corrected chi connectivity index (χ4v) is 2.38. The molecule has 4 nitrogen and oxygen atoms in total. The van der Waals surface area contributed by atoms with Gasteiger partial charge in [-0.2, -0.15) is 0 Å². The Hall–Kier alpha value is -1.79. The Balaban J connectivity index is 1.64. The predicted molar refractivity (Wildman–Crippen MR) is 84.9 cm³/mol. The molecular formula is C17H22F2N2O2. The largest absolute Gasteiger partial charge is 0.379 e. The number of unbranched alkanes of at least 4 members (excludes halogenated alkanes) is 1. The lowest BCUT2D eigenvalue weighted by Gasteiger charge is -2.26. The number of nitrogens with zero attached hydrogens (tertiary/aromatic N) is 1. The van der Waals surface area contributed by atoms with Crippen LogP contribution in [0.15, 0.2) is 24.3 Å². The third-order valence-corrected chi connectivity index (χ3v) is 3.71. The van der Waals surface area contributed by atoms with Gasteiger partial charge in [0.1, 0.15) is 11.6 Å². The van der Waals surface area contributed by atoms with Crippen molar-refractivity contribution in [2.75, 3.05) is 39.4 Å². The van der Waals surface area contributed by atoms with Gasteiger partial charge in [0.25, 0.3) is 0 Å². The van der Waals surface area contributed by atoms with Crippen molar-refractivity contribution in [1.29, 1.82) is 0 Å². The summed E-state index contributed by atoms with van der Waals surface area (Å²) in [5.74, 6) is -1.71. The van der Waals surface area contributed by atoms with Crippen LogP contribution >= 0.6 is 0 Å². The summed E-state index contributed by atoms with van der Waals surface area (Å²) in [4.78, 5) is 14.0. The molecule has 2 rings (SSSR count). The maximum Gasteiger partial charge on any atom is 0.244 e. The van der Waals surface area contributed by atoms with E-state index < -0.39 is 11.6 Å². The zero-order valence-electron chi connectivity index (χ0n) is 13.1. The van der Waals surface area contributed by atoms with Gasteiger partial charge in [0, 0.05) is 31.3 Å². The van der Waals surface area contributed by atoms with E-state index in [0.717, 1.165) is 70.0 Å². The number of carbonyl (C=O) groups excluding carboxylic acids is 1. The van der Waals surface area contributed by atoms with Gasteiger partial charge in [-0.05, 0) is 37.6 Å². The second-order valence-corrected chi connectivity index (χ2v) is 5.42. The van der Waals surface area contributed by atoms with Gasteiger partial charge >= 0.3 is 0 Å². The van der Waals surface area contributed by atoms with Gasteiger partial charge in [-0.25, -0.2) is 8.78 Å². The molecule has 0 spiro atoms. The molecule has 6 heteroatoms. The lowest BCUT2D eigenvalue weighted by molar-refractivity contribution is -0.116. The van der Waals surface area contributed by atoms with Crippen molar-refractivity contribution in [2.24, 2.45) is 0 Å². The van der Waals surface area contributed by atoms with Crippen LogP contribution in [0.25, 0.3) is 6.08 Å². The lowest BCUT2D eigenvalue weighted by Crippen LogP contribution is -2.37. The van der Waals surface area contributed by atoms with Crippen molar-refractivity contribution < 1.29 is 18.3 Å². The summed E-state index contributed by atoms with van der Waals surface area (Å²) in [7, 11) is 0. The minimum Gasteiger partial charge on any atom is -0.379 e. The Morgan fingerprint density at radius 1 is 1.22 bits per heavy atom. The number of amides is 1. The van der Waals surface area contributed by atoms with Gasteiger partial charge in [-0.15, -0.1) is 0 Å². The van der Waals surface area contributed by atoms with Crippen molar-refractivity contribution in [3.63, 3.8) is 0 Å². The number of halogens is 2. The molecule has 1 aliphatic rings. The zero-order valence-corrected chi connectivity index (χ0v) is 13.1. The van der Waals surface area contributed by atoms with E-state index in [9.17, 15) is 13.6 Å². The van der Waals surface area contributed by atoms with Crippen LogP contribution in [0.2, 0.25) is 0 Å². The maximum absolute atomic E-state index is 13.4. The van der Waals surface area contributed by atoms with E-state index in [1.807, 2.05) is 0 Å². The SMILES string of the molecule is O=C(/C=C/c1c(F)cccc1F)NCCCCN1CCOCC1. The summed E-state index contributed by atoms with van der Waals surface area (Å²) in [6.07, 6.45) is 4.17. The predicted octanol–water partition coefficient (Wildman–Crippen LogP) is 2.21. The molecule has 1 aromatic rings. The molecule has 0 atom stereocenters. The third kappa shape index (κ3) is 6.08. The first-order valence-corrected chi connectivity index (χ1v) is 7.87. The van der Waals surface area contributed by atoms with E-state index in [1.54, 1.807) is 0 Å². The average Bonchev–Trinajstić information content (AvgIpc) is 2.55. The number of hydrogen-bond acceptors (Lipinski definition) is 3. The number of ether oxygens (including phenoxy) is 1. The fraction of sp³-hybridized carbons (Fsp3) is 0.471. The summed E-state index contributed by atoms with van der Waals surface area (Å²) in [6.45, 7) is 5.04. The Kier molecular flexibility index (Phi) is 7.16. The van der Waals surface area contributed by atoms with Crippen molar-refractivity contribution in [3.8, 4) is 0 Å². The van der Waals surface area contributed by atoms with E-state index in [1.165, 1.54) is 6.07 Å². The smallest absolute Gasteiger partial charge is 0.244 e. The highest BCUT2D eigenvalue weighted by molar-refractivity contribution is 5.91. The first kappa shape index (κ1) is 17.6. The number of morpholine rings is 1. The van der Waals surface area contributed by atoms with Crippen molar-refractivity contribution in [1.82, 2.24) is 10.2 Å². The highest BCUT2D eigenvalue weighted by atomic mass is 19.1. The number of benzene rings is 1. The Labute approximate surface area is 135 Å². The fourth-order valence-electron chi connectivity index (χ4n) is 2.38. The molecule has 0 saturated carbocycles. The van der Waals surface area contributed by atoms with Gasteiger partial charge in [0.05, 0.1) is 13.2 Å². The Morgan fingerprint density at radius 2 is 1.91 bits per heavy atom. The summed E-state index contributed by atoms with van der Waals surface area (Å²) >= 11 is 0. The van der Waals surface area contributed by atoms with Crippen LogP contribution in [0.4, 0.5) is 8.78 Å². The second kappa shape index (κ2) is 9.37. The van der Waals surface area contributed by atoms with Crippen LogP contribution in [-0.4, -0.2) is 50.2 Å². The molecule has 1 aromatic carbocycles. The summed E-state index contributed by atoms with van der Waals surface area (Å²) in [6, 6.07) is 3.61. The highest BCUT2D eigenvalue weighted by Gasteiger charge is 2.09. The normalized spacial score (nSPS) is 15.9. The van der Waals surface area contributed by atoms with Crippen LogP contribution < -0.4 is 5.32 Å². The van der Waals surface area contributed by atoms with E-state index in [2.05, 4.69) is 10.2 Å². The summed E-state index contributed by atoms with van der Waals surface area (Å²) in [5.41, 5.74) is -0.199. The minimum atomic E-state index is -0.681. The van der Waals surface area contributed by atoms with Gasteiger partial charge in [-0.1, -0.05) is 6.07 Å².